The fraction of sp³-hybridized carbons (Fsp3) is 0.500. The van der Waals surface area contributed by atoms with Crippen molar-refractivity contribution in [3.8, 4) is 23.7 Å². The van der Waals surface area contributed by atoms with Crippen LogP contribution in [0.3, 0.4) is 0 Å². The smallest absolute Gasteiger partial charge is 0.258 e. The average Bonchev–Trinajstić information content (AvgIpc) is 2.56. The van der Waals surface area contributed by atoms with Gasteiger partial charge in [-0.05, 0) is 30.4 Å². The summed E-state index contributed by atoms with van der Waals surface area (Å²) in [6.45, 7) is 2.24. The summed E-state index contributed by atoms with van der Waals surface area (Å²) < 4.78 is 0. The SMILES string of the molecule is CCCCCCCCCCC#CC#Cc1ccc([N+](=O)[O-])cc1. The second-order valence-electron chi connectivity index (χ2n) is 5.58. The van der Waals surface area contributed by atoms with E-state index in [2.05, 4.69) is 30.6 Å². The first kappa shape index (κ1) is 18.8. The summed E-state index contributed by atoms with van der Waals surface area (Å²) in [6.07, 6.45) is 11.3. The van der Waals surface area contributed by atoms with Crippen LogP contribution < -0.4 is 0 Å². The molecule has 0 fully saturated rings. The summed E-state index contributed by atoms with van der Waals surface area (Å²) in [4.78, 5) is 10.1. The number of hydrogen-bond acceptors (Lipinski definition) is 2. The summed E-state index contributed by atoms with van der Waals surface area (Å²) in [5, 5.41) is 10.5. The molecule has 3 heteroatoms. The van der Waals surface area contributed by atoms with Crippen molar-refractivity contribution in [3.05, 3.63) is 39.9 Å². The molecule has 0 aliphatic carbocycles. The Balaban J connectivity index is 2.15. The number of hydrogen-bond donors (Lipinski definition) is 0. The molecule has 3 nitrogen and oxygen atoms in total. The second-order valence-corrected chi connectivity index (χ2v) is 5.58. The number of benzene rings is 1. The monoisotopic (exact) mass is 311 g/mol. The van der Waals surface area contributed by atoms with Crippen LogP contribution in [0, 0.1) is 33.8 Å². The third-order valence-corrected chi connectivity index (χ3v) is 3.59. The zero-order chi connectivity index (χ0) is 16.8. The molecular formula is C20H25NO2. The van der Waals surface area contributed by atoms with E-state index in [0.717, 1.165) is 18.4 Å². The van der Waals surface area contributed by atoms with Crippen molar-refractivity contribution in [2.75, 3.05) is 0 Å². The molecule has 0 saturated carbocycles. The van der Waals surface area contributed by atoms with Gasteiger partial charge in [-0.15, -0.1) is 0 Å². The zero-order valence-corrected chi connectivity index (χ0v) is 13.9. The first-order chi connectivity index (χ1) is 11.2. The van der Waals surface area contributed by atoms with E-state index in [1.807, 2.05) is 0 Å². The number of rotatable bonds is 9. The van der Waals surface area contributed by atoms with Crippen LogP contribution in [0.1, 0.15) is 70.3 Å². The molecule has 23 heavy (non-hydrogen) atoms. The standard InChI is InChI=1S/C20H25NO2/c1-2-3-4-5-6-7-8-9-10-11-12-13-14-19-15-17-20(18-16-19)21(22)23/h15-18H,2-10H2,1H3. The molecule has 1 aromatic carbocycles. The minimum Gasteiger partial charge on any atom is -0.258 e. The first-order valence-corrected chi connectivity index (χ1v) is 8.47. The van der Waals surface area contributed by atoms with Crippen molar-refractivity contribution in [3.63, 3.8) is 0 Å². The third-order valence-electron chi connectivity index (χ3n) is 3.59. The molecular weight excluding hydrogens is 286 g/mol. The number of nitro benzene ring substituents is 1. The van der Waals surface area contributed by atoms with Gasteiger partial charge >= 0.3 is 0 Å². The highest BCUT2D eigenvalue weighted by Crippen LogP contribution is 2.11. The van der Waals surface area contributed by atoms with Gasteiger partial charge in [0.25, 0.3) is 5.69 Å². The van der Waals surface area contributed by atoms with Gasteiger partial charge in [0.1, 0.15) is 0 Å². The van der Waals surface area contributed by atoms with Gasteiger partial charge in [0.2, 0.25) is 0 Å². The molecule has 0 heterocycles. The maximum atomic E-state index is 10.5. The highest BCUT2D eigenvalue weighted by Gasteiger charge is 2.01. The summed E-state index contributed by atoms with van der Waals surface area (Å²) in [7, 11) is 0. The molecule has 1 aromatic rings. The van der Waals surface area contributed by atoms with E-state index in [-0.39, 0.29) is 5.69 Å². The van der Waals surface area contributed by atoms with Gasteiger partial charge < -0.3 is 0 Å². The first-order valence-electron chi connectivity index (χ1n) is 8.47. The molecule has 0 unspecified atom stereocenters. The summed E-state index contributed by atoms with van der Waals surface area (Å²) in [6, 6.07) is 6.20. The Bertz CT molecular complexity index is 582. The molecule has 0 atom stereocenters. The van der Waals surface area contributed by atoms with Crippen LogP contribution in [-0.4, -0.2) is 4.92 Å². The van der Waals surface area contributed by atoms with Gasteiger partial charge in [0.15, 0.2) is 0 Å². The number of nitro groups is 1. The molecule has 122 valence electrons. The third kappa shape index (κ3) is 9.38. The van der Waals surface area contributed by atoms with E-state index < -0.39 is 4.92 Å². The fourth-order valence-electron chi connectivity index (χ4n) is 2.22. The molecule has 0 saturated heterocycles. The maximum absolute atomic E-state index is 10.5. The Kier molecular flexibility index (Phi) is 10.0. The molecule has 0 spiro atoms. The van der Waals surface area contributed by atoms with Gasteiger partial charge in [-0.3, -0.25) is 10.1 Å². The zero-order valence-electron chi connectivity index (χ0n) is 13.9. The molecule has 0 amide bonds. The number of nitrogens with zero attached hydrogens (tertiary/aromatic N) is 1. The summed E-state index contributed by atoms with van der Waals surface area (Å²) in [5.74, 6) is 11.6. The van der Waals surface area contributed by atoms with Crippen molar-refractivity contribution >= 4 is 5.69 Å². The molecule has 0 radical (unpaired) electrons. The lowest BCUT2D eigenvalue weighted by Crippen LogP contribution is -1.86. The highest BCUT2D eigenvalue weighted by molar-refractivity contribution is 5.43. The Morgan fingerprint density at radius 1 is 0.913 bits per heavy atom. The van der Waals surface area contributed by atoms with Crippen LogP contribution in [0.2, 0.25) is 0 Å². The highest BCUT2D eigenvalue weighted by atomic mass is 16.6. The molecule has 0 aliphatic rings. The average molecular weight is 311 g/mol. The Labute approximate surface area is 139 Å². The van der Waals surface area contributed by atoms with E-state index in [1.54, 1.807) is 12.1 Å². The van der Waals surface area contributed by atoms with Crippen molar-refractivity contribution in [1.82, 2.24) is 0 Å². The van der Waals surface area contributed by atoms with E-state index in [4.69, 9.17) is 0 Å². The minimum absolute atomic E-state index is 0.0799. The van der Waals surface area contributed by atoms with E-state index in [1.165, 1.54) is 57.1 Å². The molecule has 1 rings (SSSR count). The predicted molar refractivity (Wildman–Crippen MR) is 95.0 cm³/mol. The number of non-ortho nitro benzene ring substituents is 1. The predicted octanol–water partition coefficient (Wildman–Crippen LogP) is 5.48. The van der Waals surface area contributed by atoms with Crippen LogP contribution in [0.4, 0.5) is 5.69 Å². The van der Waals surface area contributed by atoms with Gasteiger partial charge in [0.05, 0.1) is 4.92 Å². The maximum Gasteiger partial charge on any atom is 0.269 e. The fourth-order valence-corrected chi connectivity index (χ4v) is 2.22. The van der Waals surface area contributed by atoms with E-state index in [0.29, 0.717) is 0 Å². The van der Waals surface area contributed by atoms with E-state index in [9.17, 15) is 10.1 Å². The Morgan fingerprint density at radius 3 is 2.13 bits per heavy atom. The van der Waals surface area contributed by atoms with Crippen molar-refractivity contribution in [2.24, 2.45) is 0 Å². The van der Waals surface area contributed by atoms with Crippen molar-refractivity contribution in [1.29, 1.82) is 0 Å². The van der Waals surface area contributed by atoms with Gasteiger partial charge in [-0.1, -0.05) is 63.7 Å². The molecule has 0 bridgehead atoms. The summed E-state index contributed by atoms with van der Waals surface area (Å²) >= 11 is 0. The lowest BCUT2D eigenvalue weighted by molar-refractivity contribution is -0.384. The Hall–Kier alpha value is -2.26. The summed E-state index contributed by atoms with van der Waals surface area (Å²) in [5.41, 5.74) is 0.827. The second kappa shape index (κ2) is 12.3. The lowest BCUT2D eigenvalue weighted by atomic mass is 10.1. The Morgan fingerprint density at radius 2 is 1.52 bits per heavy atom. The van der Waals surface area contributed by atoms with Crippen LogP contribution >= 0.6 is 0 Å². The topological polar surface area (TPSA) is 43.1 Å². The van der Waals surface area contributed by atoms with Crippen LogP contribution in [-0.2, 0) is 0 Å². The van der Waals surface area contributed by atoms with Gasteiger partial charge in [0, 0.05) is 24.1 Å². The van der Waals surface area contributed by atoms with E-state index >= 15 is 0 Å². The number of unbranched alkanes of at least 4 members (excludes halogenated alkanes) is 8. The molecule has 0 aromatic heterocycles. The molecule has 0 aliphatic heterocycles. The van der Waals surface area contributed by atoms with Crippen LogP contribution in [0.25, 0.3) is 0 Å². The molecule has 0 N–H and O–H groups in total. The minimum atomic E-state index is -0.416. The largest absolute Gasteiger partial charge is 0.269 e. The van der Waals surface area contributed by atoms with Crippen molar-refractivity contribution < 1.29 is 4.92 Å². The van der Waals surface area contributed by atoms with Crippen molar-refractivity contribution in [2.45, 2.75) is 64.7 Å². The quantitative estimate of drug-likeness (QED) is 0.262. The van der Waals surface area contributed by atoms with Gasteiger partial charge in [-0.25, -0.2) is 0 Å². The van der Waals surface area contributed by atoms with Crippen LogP contribution in [0.15, 0.2) is 24.3 Å². The lowest BCUT2D eigenvalue weighted by Gasteiger charge is -1.98. The normalized spacial score (nSPS) is 9.43. The van der Waals surface area contributed by atoms with Crippen LogP contribution in [0.5, 0.6) is 0 Å². The van der Waals surface area contributed by atoms with Gasteiger partial charge in [-0.2, -0.15) is 0 Å².